The smallest absolute Gasteiger partial charge is 0.263 e. The van der Waals surface area contributed by atoms with Crippen molar-refractivity contribution in [2.45, 2.75) is 32.8 Å². The number of thiophene rings is 1. The Morgan fingerprint density at radius 2 is 2.09 bits per heavy atom. The lowest BCUT2D eigenvalue weighted by molar-refractivity contribution is 0.0592. The van der Waals surface area contributed by atoms with E-state index in [9.17, 15) is 4.79 Å². The number of likely N-dealkylation sites (tertiary alicyclic amines) is 1. The van der Waals surface area contributed by atoms with Gasteiger partial charge in [-0.15, -0.1) is 11.3 Å². The van der Waals surface area contributed by atoms with Gasteiger partial charge in [-0.25, -0.2) is 4.98 Å². The normalized spacial score (nSPS) is 15.8. The molecule has 2 aromatic rings. The van der Waals surface area contributed by atoms with Gasteiger partial charge in [-0.05, 0) is 36.9 Å². The van der Waals surface area contributed by atoms with Crippen LogP contribution in [0.2, 0.25) is 0 Å². The van der Waals surface area contributed by atoms with Crippen molar-refractivity contribution in [1.82, 2.24) is 9.88 Å². The number of rotatable bonds is 3. The van der Waals surface area contributed by atoms with Crippen LogP contribution < -0.4 is 4.74 Å². The summed E-state index contributed by atoms with van der Waals surface area (Å²) in [4.78, 5) is 19.5. The molecule has 5 heteroatoms. The molecule has 0 bridgehead atoms. The lowest BCUT2D eigenvalue weighted by Crippen LogP contribution is -2.41. The lowest BCUT2D eigenvalue weighted by Gasteiger charge is -2.31. The van der Waals surface area contributed by atoms with Crippen LogP contribution in [0.3, 0.4) is 0 Å². The first-order chi connectivity index (χ1) is 10.6. The number of carbonyl (C=O) groups excluding carboxylic acids is 1. The quantitative estimate of drug-likeness (QED) is 0.871. The fourth-order valence-corrected chi connectivity index (χ4v) is 3.50. The predicted octanol–water partition coefficient (Wildman–Crippen LogP) is 3.44. The average Bonchev–Trinajstić information content (AvgIpc) is 2.94. The molecule has 0 atom stereocenters. The van der Waals surface area contributed by atoms with E-state index in [2.05, 4.69) is 4.98 Å². The van der Waals surface area contributed by atoms with E-state index in [0.29, 0.717) is 5.88 Å². The molecule has 0 unspecified atom stereocenters. The molecule has 4 nitrogen and oxygen atoms in total. The summed E-state index contributed by atoms with van der Waals surface area (Å²) < 4.78 is 5.93. The monoisotopic (exact) mass is 316 g/mol. The zero-order chi connectivity index (χ0) is 15.5. The Kier molecular flexibility index (Phi) is 4.43. The van der Waals surface area contributed by atoms with Crippen LogP contribution >= 0.6 is 11.3 Å². The van der Waals surface area contributed by atoms with Crippen molar-refractivity contribution in [2.75, 3.05) is 13.1 Å². The van der Waals surface area contributed by atoms with Gasteiger partial charge in [0.25, 0.3) is 5.91 Å². The molecule has 116 valence electrons. The number of aryl methyl sites for hydroxylation is 2. The number of amides is 1. The molecule has 2 aromatic heterocycles. The Labute approximate surface area is 134 Å². The molecule has 0 saturated carbocycles. The molecular formula is C17H20N2O2S. The first-order valence-electron chi connectivity index (χ1n) is 7.56. The van der Waals surface area contributed by atoms with Gasteiger partial charge in [0.1, 0.15) is 6.10 Å². The molecule has 0 spiro atoms. The molecule has 1 amide bonds. The van der Waals surface area contributed by atoms with Crippen LogP contribution in [0, 0.1) is 13.8 Å². The summed E-state index contributed by atoms with van der Waals surface area (Å²) in [6, 6.07) is 7.76. The summed E-state index contributed by atoms with van der Waals surface area (Å²) >= 11 is 1.52. The van der Waals surface area contributed by atoms with E-state index in [-0.39, 0.29) is 12.0 Å². The van der Waals surface area contributed by atoms with Gasteiger partial charge in [0.05, 0.1) is 4.88 Å². The van der Waals surface area contributed by atoms with Gasteiger partial charge in [0.2, 0.25) is 5.88 Å². The SMILES string of the molecule is Cc1csc(C(=O)N2CCC(Oc3cccc(C)n3)CC2)c1. The number of carbonyl (C=O) groups is 1. The minimum atomic E-state index is 0.142. The number of hydrogen-bond acceptors (Lipinski definition) is 4. The second kappa shape index (κ2) is 6.48. The van der Waals surface area contributed by atoms with Crippen molar-refractivity contribution in [3.8, 4) is 5.88 Å². The molecule has 0 aliphatic carbocycles. The third kappa shape index (κ3) is 3.47. The Morgan fingerprint density at radius 1 is 1.32 bits per heavy atom. The number of nitrogens with zero attached hydrogens (tertiary/aromatic N) is 2. The Morgan fingerprint density at radius 3 is 2.73 bits per heavy atom. The molecular weight excluding hydrogens is 296 g/mol. The standard InChI is InChI=1S/C17H20N2O2S/c1-12-10-15(22-11-12)17(20)19-8-6-14(7-9-19)21-16-5-3-4-13(2)18-16/h3-5,10-11,14H,6-9H2,1-2H3. The van der Waals surface area contributed by atoms with Crippen LogP contribution in [0.25, 0.3) is 0 Å². The largest absolute Gasteiger partial charge is 0.474 e. The van der Waals surface area contributed by atoms with Gasteiger partial charge < -0.3 is 9.64 Å². The van der Waals surface area contributed by atoms with E-state index in [1.807, 2.05) is 48.4 Å². The van der Waals surface area contributed by atoms with Crippen molar-refractivity contribution < 1.29 is 9.53 Å². The molecule has 3 rings (SSSR count). The van der Waals surface area contributed by atoms with Gasteiger partial charge in [0, 0.05) is 37.7 Å². The van der Waals surface area contributed by atoms with Gasteiger partial charge >= 0.3 is 0 Å². The fraction of sp³-hybridized carbons (Fsp3) is 0.412. The summed E-state index contributed by atoms with van der Waals surface area (Å²) in [6.45, 7) is 5.46. The minimum Gasteiger partial charge on any atom is -0.474 e. The molecule has 1 saturated heterocycles. The van der Waals surface area contributed by atoms with Crippen LogP contribution in [-0.2, 0) is 0 Å². The van der Waals surface area contributed by atoms with E-state index in [4.69, 9.17) is 4.74 Å². The zero-order valence-electron chi connectivity index (χ0n) is 12.9. The summed E-state index contributed by atoms with van der Waals surface area (Å²) in [7, 11) is 0. The lowest BCUT2D eigenvalue weighted by atomic mass is 10.1. The maximum Gasteiger partial charge on any atom is 0.263 e. The minimum absolute atomic E-state index is 0.142. The second-order valence-electron chi connectivity index (χ2n) is 5.71. The molecule has 0 N–H and O–H groups in total. The molecule has 1 aliphatic rings. The van der Waals surface area contributed by atoms with Gasteiger partial charge in [-0.1, -0.05) is 6.07 Å². The molecule has 1 fully saturated rings. The van der Waals surface area contributed by atoms with Crippen molar-refractivity contribution in [2.24, 2.45) is 0 Å². The van der Waals surface area contributed by atoms with Crippen molar-refractivity contribution in [3.05, 3.63) is 45.8 Å². The Bertz CT molecular complexity index is 660. The number of hydrogen-bond donors (Lipinski definition) is 0. The molecule has 22 heavy (non-hydrogen) atoms. The third-order valence-corrected chi connectivity index (χ3v) is 4.86. The summed E-state index contributed by atoms with van der Waals surface area (Å²) in [6.07, 6.45) is 1.85. The molecule has 0 radical (unpaired) electrons. The van der Waals surface area contributed by atoms with Gasteiger partial charge in [-0.3, -0.25) is 4.79 Å². The number of pyridine rings is 1. The highest BCUT2D eigenvalue weighted by Crippen LogP contribution is 2.21. The summed E-state index contributed by atoms with van der Waals surface area (Å²) in [5.41, 5.74) is 2.11. The topological polar surface area (TPSA) is 42.4 Å². The Balaban J connectivity index is 1.55. The average molecular weight is 316 g/mol. The van der Waals surface area contributed by atoms with E-state index in [1.54, 1.807) is 0 Å². The summed E-state index contributed by atoms with van der Waals surface area (Å²) in [5.74, 6) is 0.823. The second-order valence-corrected chi connectivity index (χ2v) is 6.63. The molecule has 1 aliphatic heterocycles. The first-order valence-corrected chi connectivity index (χ1v) is 8.44. The highest BCUT2D eigenvalue weighted by molar-refractivity contribution is 7.12. The zero-order valence-corrected chi connectivity index (χ0v) is 13.7. The van der Waals surface area contributed by atoms with Crippen LogP contribution in [0.5, 0.6) is 5.88 Å². The van der Waals surface area contributed by atoms with Crippen LogP contribution in [-0.4, -0.2) is 35.0 Å². The predicted molar refractivity (Wildman–Crippen MR) is 87.6 cm³/mol. The van der Waals surface area contributed by atoms with Crippen molar-refractivity contribution >= 4 is 17.2 Å². The molecule has 3 heterocycles. The van der Waals surface area contributed by atoms with Gasteiger partial charge in [-0.2, -0.15) is 0 Å². The number of piperidine rings is 1. The van der Waals surface area contributed by atoms with E-state index in [0.717, 1.165) is 42.1 Å². The molecule has 0 aromatic carbocycles. The highest BCUT2D eigenvalue weighted by atomic mass is 32.1. The summed E-state index contributed by atoms with van der Waals surface area (Å²) in [5, 5.41) is 2.02. The maximum absolute atomic E-state index is 12.4. The van der Waals surface area contributed by atoms with E-state index in [1.165, 1.54) is 11.3 Å². The van der Waals surface area contributed by atoms with Crippen LogP contribution in [0.15, 0.2) is 29.6 Å². The fourth-order valence-electron chi connectivity index (χ4n) is 2.63. The highest BCUT2D eigenvalue weighted by Gasteiger charge is 2.25. The maximum atomic E-state index is 12.4. The van der Waals surface area contributed by atoms with Crippen molar-refractivity contribution in [1.29, 1.82) is 0 Å². The van der Waals surface area contributed by atoms with Crippen LogP contribution in [0.1, 0.15) is 33.8 Å². The Hall–Kier alpha value is -1.88. The number of ether oxygens (including phenoxy) is 1. The third-order valence-electron chi connectivity index (χ3n) is 3.82. The van der Waals surface area contributed by atoms with Gasteiger partial charge in [0.15, 0.2) is 0 Å². The van der Waals surface area contributed by atoms with Crippen LogP contribution in [0.4, 0.5) is 0 Å². The van der Waals surface area contributed by atoms with E-state index < -0.39 is 0 Å². The first kappa shape index (κ1) is 15.0. The number of aromatic nitrogens is 1. The van der Waals surface area contributed by atoms with Crippen molar-refractivity contribution in [3.63, 3.8) is 0 Å². The van der Waals surface area contributed by atoms with E-state index >= 15 is 0 Å².